The maximum absolute atomic E-state index is 10.5. The molecule has 0 bridgehead atoms. The van der Waals surface area contributed by atoms with E-state index in [2.05, 4.69) is 9.89 Å². The smallest absolute Gasteiger partial charge is 0.210 e. The van der Waals surface area contributed by atoms with Gasteiger partial charge in [-0.05, 0) is 0 Å². The number of nitrogens with two attached hydrogens (primary N) is 1. The quantitative estimate of drug-likeness (QED) is 0.184. The van der Waals surface area contributed by atoms with E-state index in [0.29, 0.717) is 0 Å². The third-order valence-corrected chi connectivity index (χ3v) is 2.26. The molecule has 0 saturated carbocycles. The lowest BCUT2D eigenvalue weighted by Gasteiger charge is -2.36. The van der Waals surface area contributed by atoms with Crippen molar-refractivity contribution in [2.24, 2.45) is 10.8 Å². The van der Waals surface area contributed by atoms with E-state index in [1.165, 1.54) is 5.01 Å². The summed E-state index contributed by atoms with van der Waals surface area (Å²) in [6.45, 7) is 3.03. The first-order valence-electron chi connectivity index (χ1n) is 4.58. The standard InChI is InChI=1S/C8H17N5O/c1-10-8(11(2)9)13-5-3-12(7-14)4-6-13/h7H,3-6,9H2,1-2H3/b10-8-. The van der Waals surface area contributed by atoms with Gasteiger partial charge < -0.3 is 9.80 Å². The summed E-state index contributed by atoms with van der Waals surface area (Å²) in [5.41, 5.74) is 0. The van der Waals surface area contributed by atoms with Gasteiger partial charge in [0, 0.05) is 40.3 Å². The van der Waals surface area contributed by atoms with Crippen LogP contribution in [0, 0.1) is 0 Å². The topological polar surface area (TPSA) is 65.2 Å². The van der Waals surface area contributed by atoms with Crippen LogP contribution in [0.4, 0.5) is 0 Å². The van der Waals surface area contributed by atoms with Gasteiger partial charge in [-0.25, -0.2) is 5.84 Å². The summed E-state index contributed by atoms with van der Waals surface area (Å²) >= 11 is 0. The Morgan fingerprint density at radius 1 is 1.43 bits per heavy atom. The van der Waals surface area contributed by atoms with E-state index in [9.17, 15) is 4.79 Å². The van der Waals surface area contributed by atoms with Crippen molar-refractivity contribution in [2.75, 3.05) is 40.3 Å². The number of hydrogen-bond acceptors (Lipinski definition) is 3. The molecule has 0 aliphatic carbocycles. The van der Waals surface area contributed by atoms with Gasteiger partial charge in [-0.3, -0.25) is 14.8 Å². The van der Waals surface area contributed by atoms with E-state index in [1.54, 1.807) is 19.0 Å². The number of carbonyl (C=O) groups excluding carboxylic acids is 1. The third kappa shape index (κ3) is 2.35. The average Bonchev–Trinajstić information content (AvgIpc) is 2.19. The molecule has 0 aromatic carbocycles. The highest BCUT2D eigenvalue weighted by atomic mass is 16.1. The number of hydrazine groups is 1. The van der Waals surface area contributed by atoms with Crippen LogP contribution in [0.3, 0.4) is 0 Å². The highest BCUT2D eigenvalue weighted by molar-refractivity contribution is 5.79. The zero-order valence-corrected chi connectivity index (χ0v) is 8.68. The summed E-state index contributed by atoms with van der Waals surface area (Å²) < 4.78 is 0. The molecule has 1 rings (SSSR count). The van der Waals surface area contributed by atoms with Crippen molar-refractivity contribution in [1.82, 2.24) is 14.8 Å². The fourth-order valence-electron chi connectivity index (χ4n) is 1.55. The summed E-state index contributed by atoms with van der Waals surface area (Å²) in [5.74, 6) is 6.38. The van der Waals surface area contributed by atoms with Gasteiger partial charge in [-0.1, -0.05) is 0 Å². The van der Waals surface area contributed by atoms with Crippen LogP contribution in [0.5, 0.6) is 0 Å². The molecule has 6 nitrogen and oxygen atoms in total. The fraction of sp³-hybridized carbons (Fsp3) is 0.750. The first-order chi connectivity index (χ1) is 6.69. The molecule has 0 spiro atoms. The van der Waals surface area contributed by atoms with Crippen molar-refractivity contribution in [3.8, 4) is 0 Å². The van der Waals surface area contributed by atoms with Crippen LogP contribution >= 0.6 is 0 Å². The number of guanidine groups is 1. The Hall–Kier alpha value is -1.30. The van der Waals surface area contributed by atoms with Crippen LogP contribution < -0.4 is 5.84 Å². The molecule has 0 radical (unpaired) electrons. The Labute approximate surface area is 83.9 Å². The molecule has 1 aliphatic rings. The van der Waals surface area contributed by atoms with E-state index in [-0.39, 0.29) is 0 Å². The summed E-state index contributed by atoms with van der Waals surface area (Å²) in [6.07, 6.45) is 0.881. The largest absolute Gasteiger partial charge is 0.342 e. The molecule has 2 N–H and O–H groups in total. The van der Waals surface area contributed by atoms with Crippen LogP contribution in [-0.4, -0.2) is 67.5 Å². The molecule has 80 valence electrons. The molecule has 1 saturated heterocycles. The third-order valence-electron chi connectivity index (χ3n) is 2.26. The van der Waals surface area contributed by atoms with Gasteiger partial charge in [0.15, 0.2) is 0 Å². The molecule has 1 aliphatic heterocycles. The lowest BCUT2D eigenvalue weighted by Crippen LogP contribution is -2.53. The Kier molecular flexibility index (Phi) is 3.70. The van der Waals surface area contributed by atoms with Crippen molar-refractivity contribution < 1.29 is 4.79 Å². The predicted octanol–water partition coefficient (Wildman–Crippen LogP) is -1.45. The van der Waals surface area contributed by atoms with Crippen LogP contribution in [0.1, 0.15) is 0 Å². The molecule has 6 heteroatoms. The van der Waals surface area contributed by atoms with Gasteiger partial charge in [-0.15, -0.1) is 0 Å². The highest BCUT2D eigenvalue weighted by Gasteiger charge is 2.19. The Balaban J connectivity index is 2.52. The molecule has 1 amide bonds. The average molecular weight is 199 g/mol. The summed E-state index contributed by atoms with van der Waals surface area (Å²) in [5, 5.41) is 1.50. The molecule has 1 fully saturated rings. The minimum absolute atomic E-state index is 0.732. The molecule has 0 aromatic heterocycles. The van der Waals surface area contributed by atoms with Crippen LogP contribution in [0.25, 0.3) is 0 Å². The van der Waals surface area contributed by atoms with Gasteiger partial charge in [0.2, 0.25) is 12.4 Å². The molecule has 1 heterocycles. The maximum atomic E-state index is 10.5. The number of hydrogen-bond donors (Lipinski definition) is 1. The summed E-state index contributed by atoms with van der Waals surface area (Å²) in [7, 11) is 3.47. The van der Waals surface area contributed by atoms with Crippen LogP contribution in [0.2, 0.25) is 0 Å². The fourth-order valence-corrected chi connectivity index (χ4v) is 1.55. The first kappa shape index (κ1) is 10.8. The number of amides is 1. The highest BCUT2D eigenvalue weighted by Crippen LogP contribution is 2.01. The number of carbonyl (C=O) groups is 1. The second-order valence-corrected chi connectivity index (χ2v) is 3.26. The normalized spacial score (nSPS) is 18.4. The first-order valence-corrected chi connectivity index (χ1v) is 4.58. The molecular formula is C8H17N5O. The van der Waals surface area contributed by atoms with E-state index >= 15 is 0 Å². The van der Waals surface area contributed by atoms with E-state index in [1.807, 2.05) is 0 Å². The Bertz CT molecular complexity index is 220. The number of nitrogens with zero attached hydrogens (tertiary/aromatic N) is 4. The van der Waals surface area contributed by atoms with E-state index in [4.69, 9.17) is 5.84 Å². The lowest BCUT2D eigenvalue weighted by atomic mass is 10.3. The van der Waals surface area contributed by atoms with Crippen molar-refractivity contribution in [1.29, 1.82) is 0 Å². The van der Waals surface area contributed by atoms with Gasteiger partial charge >= 0.3 is 0 Å². The zero-order chi connectivity index (χ0) is 10.6. The Morgan fingerprint density at radius 3 is 2.36 bits per heavy atom. The van der Waals surface area contributed by atoms with E-state index < -0.39 is 0 Å². The van der Waals surface area contributed by atoms with Gasteiger partial charge in [0.25, 0.3) is 0 Å². The van der Waals surface area contributed by atoms with Gasteiger partial charge in [0.1, 0.15) is 0 Å². The minimum atomic E-state index is 0.732. The minimum Gasteiger partial charge on any atom is -0.342 e. The molecule has 14 heavy (non-hydrogen) atoms. The molecular weight excluding hydrogens is 182 g/mol. The lowest BCUT2D eigenvalue weighted by molar-refractivity contribution is -0.119. The Morgan fingerprint density at radius 2 is 2.00 bits per heavy atom. The van der Waals surface area contributed by atoms with Gasteiger partial charge in [0.05, 0.1) is 0 Å². The number of piperazine rings is 1. The summed E-state index contributed by atoms with van der Waals surface area (Å²) in [6, 6.07) is 0. The second-order valence-electron chi connectivity index (χ2n) is 3.26. The van der Waals surface area contributed by atoms with Crippen molar-refractivity contribution >= 4 is 12.4 Å². The number of rotatable bonds is 1. The molecule has 0 unspecified atom stereocenters. The second kappa shape index (κ2) is 4.80. The predicted molar refractivity (Wildman–Crippen MR) is 54.5 cm³/mol. The number of aliphatic imine (C=N–C) groups is 1. The van der Waals surface area contributed by atoms with Crippen molar-refractivity contribution in [3.05, 3.63) is 0 Å². The van der Waals surface area contributed by atoms with Gasteiger partial charge in [-0.2, -0.15) is 0 Å². The molecule has 0 aromatic rings. The SMILES string of the molecule is C/N=C(/N(C)N)N1CCN(C=O)CC1. The molecule has 0 atom stereocenters. The van der Waals surface area contributed by atoms with Crippen molar-refractivity contribution in [3.63, 3.8) is 0 Å². The van der Waals surface area contributed by atoms with E-state index in [0.717, 1.165) is 38.5 Å². The maximum Gasteiger partial charge on any atom is 0.210 e. The van der Waals surface area contributed by atoms with Crippen LogP contribution in [0.15, 0.2) is 4.99 Å². The van der Waals surface area contributed by atoms with Crippen LogP contribution in [-0.2, 0) is 4.79 Å². The van der Waals surface area contributed by atoms with Crippen molar-refractivity contribution in [2.45, 2.75) is 0 Å². The monoisotopic (exact) mass is 199 g/mol. The summed E-state index contributed by atoms with van der Waals surface area (Å²) in [4.78, 5) is 18.4. The zero-order valence-electron chi connectivity index (χ0n) is 8.68.